The van der Waals surface area contributed by atoms with Crippen LogP contribution in [0.2, 0.25) is 0 Å². The number of hydrogen-bond donors (Lipinski definition) is 1. The van der Waals surface area contributed by atoms with Gasteiger partial charge in [-0.3, -0.25) is 9.78 Å². The van der Waals surface area contributed by atoms with Crippen LogP contribution in [-0.4, -0.2) is 10.9 Å². The molecule has 3 nitrogen and oxygen atoms in total. The molecule has 0 aliphatic heterocycles. The number of pyridine rings is 1. The van der Waals surface area contributed by atoms with E-state index < -0.39 is 0 Å². The van der Waals surface area contributed by atoms with E-state index in [0.29, 0.717) is 5.56 Å². The second-order valence-electron chi connectivity index (χ2n) is 6.60. The van der Waals surface area contributed by atoms with Crippen molar-refractivity contribution in [1.29, 1.82) is 0 Å². The number of aromatic nitrogens is 1. The van der Waals surface area contributed by atoms with Gasteiger partial charge in [-0.15, -0.1) is 0 Å². The third-order valence-electron chi connectivity index (χ3n) is 4.78. The summed E-state index contributed by atoms with van der Waals surface area (Å²) in [5.74, 6) is -0.0159. The molecule has 1 N–H and O–H groups in total. The number of amides is 1. The Hall–Kier alpha value is -2.68. The number of carbonyl (C=O) groups is 1. The predicted molar refractivity (Wildman–Crippen MR) is 96.2 cm³/mol. The molecule has 0 saturated carbocycles. The van der Waals surface area contributed by atoms with Crippen LogP contribution in [-0.2, 0) is 6.42 Å². The molecule has 1 unspecified atom stereocenters. The summed E-state index contributed by atoms with van der Waals surface area (Å²) in [5.41, 5.74) is 6.17. The van der Waals surface area contributed by atoms with E-state index in [1.165, 1.54) is 11.1 Å². The quantitative estimate of drug-likeness (QED) is 0.767. The van der Waals surface area contributed by atoms with Crippen molar-refractivity contribution in [2.45, 2.75) is 32.7 Å². The van der Waals surface area contributed by atoms with Gasteiger partial charge in [-0.2, -0.15) is 0 Å². The Kier molecular flexibility index (Phi) is 3.57. The molecule has 120 valence electrons. The molecule has 0 spiro atoms. The molecule has 3 heteroatoms. The van der Waals surface area contributed by atoms with Crippen molar-refractivity contribution in [2.24, 2.45) is 0 Å². The highest BCUT2D eigenvalue weighted by Crippen LogP contribution is 2.31. The second-order valence-corrected chi connectivity index (χ2v) is 6.60. The highest BCUT2D eigenvalue weighted by atomic mass is 16.1. The fourth-order valence-electron chi connectivity index (χ4n) is 3.60. The Bertz CT molecular complexity index is 946. The Labute approximate surface area is 141 Å². The van der Waals surface area contributed by atoms with Gasteiger partial charge in [0.2, 0.25) is 0 Å². The summed E-state index contributed by atoms with van der Waals surface area (Å²) in [6.45, 7) is 3.97. The Balaban J connectivity index is 1.71. The lowest BCUT2D eigenvalue weighted by atomic mass is 10.0. The maximum absolute atomic E-state index is 12.9. The van der Waals surface area contributed by atoms with Crippen LogP contribution in [0.25, 0.3) is 10.9 Å². The standard InChI is InChI=1S/C21H20N2O/c1-13-7-9-20-17(11-13)18(12-14(2)22-20)21(24)23-19-10-8-15-5-3-4-6-16(15)19/h3-7,9,11-12,19H,8,10H2,1-2H3,(H,23,24). The van der Waals surface area contributed by atoms with E-state index in [-0.39, 0.29) is 11.9 Å². The van der Waals surface area contributed by atoms with Crippen LogP contribution < -0.4 is 5.32 Å². The number of nitrogens with one attached hydrogen (secondary N) is 1. The normalized spacial score (nSPS) is 16.2. The number of carbonyl (C=O) groups excluding carboxylic acids is 1. The van der Waals surface area contributed by atoms with Crippen molar-refractivity contribution in [2.75, 3.05) is 0 Å². The number of rotatable bonds is 2. The van der Waals surface area contributed by atoms with E-state index in [0.717, 1.165) is 35.0 Å². The number of nitrogens with zero attached hydrogens (tertiary/aromatic N) is 1. The minimum atomic E-state index is -0.0159. The number of aryl methyl sites for hydroxylation is 3. The van der Waals surface area contributed by atoms with Crippen molar-refractivity contribution < 1.29 is 4.79 Å². The molecule has 0 fully saturated rings. The Morgan fingerprint density at radius 2 is 1.96 bits per heavy atom. The van der Waals surface area contributed by atoms with Crippen LogP contribution in [0.1, 0.15) is 45.2 Å². The average Bonchev–Trinajstić information content (AvgIpc) is 2.98. The molecule has 3 aromatic rings. The van der Waals surface area contributed by atoms with Crippen LogP contribution in [0.4, 0.5) is 0 Å². The number of benzene rings is 2. The number of hydrogen-bond acceptors (Lipinski definition) is 2. The third-order valence-corrected chi connectivity index (χ3v) is 4.78. The maximum Gasteiger partial charge on any atom is 0.252 e. The van der Waals surface area contributed by atoms with Crippen molar-refractivity contribution in [3.63, 3.8) is 0 Å². The fourth-order valence-corrected chi connectivity index (χ4v) is 3.60. The summed E-state index contributed by atoms with van der Waals surface area (Å²) < 4.78 is 0. The van der Waals surface area contributed by atoms with Gasteiger partial charge >= 0.3 is 0 Å². The van der Waals surface area contributed by atoms with Crippen LogP contribution in [0.5, 0.6) is 0 Å². The first-order valence-electron chi connectivity index (χ1n) is 8.38. The van der Waals surface area contributed by atoms with Crippen LogP contribution in [0.3, 0.4) is 0 Å². The van der Waals surface area contributed by atoms with Gasteiger partial charge in [0.1, 0.15) is 0 Å². The van der Waals surface area contributed by atoms with E-state index in [1.807, 2.05) is 44.2 Å². The van der Waals surface area contributed by atoms with Gasteiger partial charge in [0, 0.05) is 11.1 Å². The zero-order valence-corrected chi connectivity index (χ0v) is 14.0. The monoisotopic (exact) mass is 316 g/mol. The zero-order valence-electron chi connectivity index (χ0n) is 14.0. The van der Waals surface area contributed by atoms with Crippen molar-refractivity contribution in [3.05, 3.63) is 76.5 Å². The van der Waals surface area contributed by atoms with Crippen molar-refractivity contribution in [1.82, 2.24) is 10.3 Å². The molecule has 1 atom stereocenters. The lowest BCUT2D eigenvalue weighted by Crippen LogP contribution is -2.27. The second kappa shape index (κ2) is 5.75. The molecule has 4 rings (SSSR count). The minimum Gasteiger partial charge on any atom is -0.345 e. The first kappa shape index (κ1) is 14.9. The summed E-state index contributed by atoms with van der Waals surface area (Å²) in [6.07, 6.45) is 1.99. The number of fused-ring (bicyclic) bond motifs is 2. The van der Waals surface area contributed by atoms with Gasteiger partial charge in [-0.25, -0.2) is 0 Å². The molecular weight excluding hydrogens is 296 g/mol. The van der Waals surface area contributed by atoms with Crippen LogP contribution in [0, 0.1) is 13.8 Å². The molecule has 1 aromatic heterocycles. The van der Waals surface area contributed by atoms with E-state index in [1.54, 1.807) is 0 Å². The van der Waals surface area contributed by atoms with Crippen molar-refractivity contribution >= 4 is 16.8 Å². The first-order chi connectivity index (χ1) is 11.6. The molecule has 0 bridgehead atoms. The van der Waals surface area contributed by atoms with Crippen LogP contribution >= 0.6 is 0 Å². The van der Waals surface area contributed by atoms with Gasteiger partial charge < -0.3 is 5.32 Å². The lowest BCUT2D eigenvalue weighted by Gasteiger charge is -2.15. The summed E-state index contributed by atoms with van der Waals surface area (Å²) in [5, 5.41) is 4.14. The summed E-state index contributed by atoms with van der Waals surface area (Å²) in [7, 11) is 0. The molecule has 1 amide bonds. The average molecular weight is 316 g/mol. The zero-order chi connectivity index (χ0) is 16.7. The minimum absolute atomic E-state index is 0.0159. The van der Waals surface area contributed by atoms with Crippen LogP contribution in [0.15, 0.2) is 48.5 Å². The fraction of sp³-hybridized carbons (Fsp3) is 0.238. The highest BCUT2D eigenvalue weighted by Gasteiger charge is 2.24. The lowest BCUT2D eigenvalue weighted by molar-refractivity contribution is 0.0938. The van der Waals surface area contributed by atoms with Gasteiger partial charge in [-0.1, -0.05) is 35.9 Å². The largest absolute Gasteiger partial charge is 0.345 e. The summed E-state index contributed by atoms with van der Waals surface area (Å²) >= 11 is 0. The van der Waals surface area contributed by atoms with Gasteiger partial charge in [0.25, 0.3) is 5.91 Å². The summed E-state index contributed by atoms with van der Waals surface area (Å²) in [6, 6.07) is 16.4. The van der Waals surface area contributed by atoms with E-state index in [9.17, 15) is 4.79 Å². The maximum atomic E-state index is 12.9. The molecular formula is C21H20N2O. The third kappa shape index (κ3) is 2.56. The van der Waals surface area contributed by atoms with E-state index in [4.69, 9.17) is 0 Å². The smallest absolute Gasteiger partial charge is 0.252 e. The molecule has 1 heterocycles. The molecule has 24 heavy (non-hydrogen) atoms. The Morgan fingerprint density at radius 3 is 2.83 bits per heavy atom. The molecule has 2 aromatic carbocycles. The van der Waals surface area contributed by atoms with Gasteiger partial charge in [0.05, 0.1) is 17.1 Å². The molecule has 1 aliphatic rings. The predicted octanol–water partition coefficient (Wildman–Crippen LogP) is 4.27. The molecule has 0 radical (unpaired) electrons. The topological polar surface area (TPSA) is 42.0 Å². The van der Waals surface area contributed by atoms with Crippen molar-refractivity contribution in [3.8, 4) is 0 Å². The van der Waals surface area contributed by atoms with Gasteiger partial charge in [0.15, 0.2) is 0 Å². The van der Waals surface area contributed by atoms with Gasteiger partial charge in [-0.05, 0) is 56.0 Å². The first-order valence-corrected chi connectivity index (χ1v) is 8.38. The molecule has 1 aliphatic carbocycles. The van der Waals surface area contributed by atoms with E-state index in [2.05, 4.69) is 28.5 Å². The summed E-state index contributed by atoms with van der Waals surface area (Å²) in [4.78, 5) is 17.5. The molecule has 0 saturated heterocycles. The highest BCUT2D eigenvalue weighted by molar-refractivity contribution is 6.06. The van der Waals surface area contributed by atoms with E-state index >= 15 is 0 Å². The Morgan fingerprint density at radius 1 is 1.12 bits per heavy atom. The SMILES string of the molecule is Cc1ccc2nc(C)cc(C(=O)NC3CCc4ccccc43)c2c1.